The summed E-state index contributed by atoms with van der Waals surface area (Å²) in [5.74, 6) is 0. The summed E-state index contributed by atoms with van der Waals surface area (Å²) in [6.45, 7) is 3.66. The Bertz CT molecular complexity index is 102. The third-order valence-electron chi connectivity index (χ3n) is 1.71. The number of hydrogen-bond donors (Lipinski definition) is 0. The third-order valence-corrected chi connectivity index (χ3v) is 1.71. The number of alkyl halides is 3. The van der Waals surface area contributed by atoms with Gasteiger partial charge in [0, 0.05) is 6.42 Å². The molecule has 0 unspecified atom stereocenters. The molecule has 0 aromatic heterocycles. The Morgan fingerprint density at radius 2 is 1.31 bits per heavy atom. The first kappa shape index (κ1) is 16.8. The molecule has 0 saturated carbocycles. The molecule has 0 aromatic rings. The van der Waals surface area contributed by atoms with Crippen molar-refractivity contribution in [3.63, 3.8) is 0 Å². The van der Waals surface area contributed by atoms with Gasteiger partial charge in [-0.05, 0) is 6.42 Å². The molecular formula is C9H16F3K. The second-order valence-electron chi connectivity index (χ2n) is 2.99. The van der Waals surface area contributed by atoms with Gasteiger partial charge in [0.2, 0.25) is 0 Å². The number of rotatable bonds is 6. The van der Waals surface area contributed by atoms with E-state index in [1.165, 1.54) is 0 Å². The zero-order valence-corrected chi connectivity index (χ0v) is 11.4. The van der Waals surface area contributed by atoms with Crippen LogP contribution in [0.5, 0.6) is 0 Å². The molecule has 0 aromatic carbocycles. The Hall–Kier alpha value is 1.43. The van der Waals surface area contributed by atoms with Crippen molar-refractivity contribution in [2.24, 2.45) is 0 Å². The molecule has 0 nitrogen and oxygen atoms in total. The first-order valence-corrected chi connectivity index (χ1v) is 4.42. The maximum absolute atomic E-state index is 11.6. The number of unbranched alkanes of at least 4 members (excludes halogenated alkanes) is 5. The minimum Gasteiger partial charge on any atom is -0.343 e. The van der Waals surface area contributed by atoms with Crippen LogP contribution < -0.4 is 51.4 Å². The first-order chi connectivity index (χ1) is 5.56. The Morgan fingerprint density at radius 3 is 1.77 bits per heavy atom. The van der Waals surface area contributed by atoms with Crippen LogP contribution in [0.2, 0.25) is 0 Å². The summed E-state index contributed by atoms with van der Waals surface area (Å²) in [7, 11) is 0. The van der Waals surface area contributed by atoms with Crippen LogP contribution in [-0.2, 0) is 0 Å². The molecule has 0 amide bonds. The summed E-state index contributed by atoms with van der Waals surface area (Å²) in [6, 6.07) is 0. The maximum Gasteiger partial charge on any atom is 1.00 e. The van der Waals surface area contributed by atoms with Crippen molar-refractivity contribution in [2.45, 2.75) is 51.1 Å². The molecule has 74 valence electrons. The summed E-state index contributed by atoms with van der Waals surface area (Å²) in [5, 5.41) is 0. The van der Waals surface area contributed by atoms with Gasteiger partial charge in [0.05, 0.1) is 0 Å². The standard InChI is InChI=1S/C9H16F3.K/c1-2-3-4-5-6-7-8-9(10,11)12;/h1-8H2;/q-1;+1. The molecule has 0 aliphatic heterocycles. The Morgan fingerprint density at radius 1 is 0.846 bits per heavy atom. The SMILES string of the molecule is [CH2-]CCCCCCCC(F)(F)F.[K+]. The Labute approximate surface area is 121 Å². The van der Waals surface area contributed by atoms with Gasteiger partial charge < -0.3 is 6.92 Å². The van der Waals surface area contributed by atoms with Crippen LogP contribution in [-0.4, -0.2) is 6.18 Å². The largest absolute Gasteiger partial charge is 1.00 e. The van der Waals surface area contributed by atoms with Crippen molar-refractivity contribution in [1.82, 2.24) is 0 Å². The van der Waals surface area contributed by atoms with E-state index in [-0.39, 0.29) is 57.8 Å². The molecule has 0 atom stereocenters. The van der Waals surface area contributed by atoms with Gasteiger partial charge in [-0.2, -0.15) is 19.6 Å². The molecule has 0 fully saturated rings. The van der Waals surface area contributed by atoms with Crippen LogP contribution >= 0.6 is 0 Å². The van der Waals surface area contributed by atoms with Crippen LogP contribution in [0.3, 0.4) is 0 Å². The van der Waals surface area contributed by atoms with Gasteiger partial charge in [-0.25, -0.2) is 0 Å². The van der Waals surface area contributed by atoms with Crippen molar-refractivity contribution in [2.75, 3.05) is 0 Å². The van der Waals surface area contributed by atoms with E-state index in [1.54, 1.807) is 0 Å². The van der Waals surface area contributed by atoms with Gasteiger partial charge >= 0.3 is 57.6 Å². The van der Waals surface area contributed by atoms with E-state index < -0.39 is 12.6 Å². The van der Waals surface area contributed by atoms with Crippen molar-refractivity contribution in [1.29, 1.82) is 0 Å². The van der Waals surface area contributed by atoms with E-state index in [0.717, 1.165) is 25.7 Å². The van der Waals surface area contributed by atoms with Gasteiger partial charge in [-0.1, -0.05) is 25.7 Å². The van der Waals surface area contributed by atoms with Crippen LogP contribution in [0.1, 0.15) is 44.9 Å². The predicted octanol–water partition coefficient (Wildman–Crippen LogP) is 1.12. The molecule has 0 rings (SSSR count). The van der Waals surface area contributed by atoms with Crippen LogP contribution in [0, 0.1) is 6.92 Å². The minimum absolute atomic E-state index is 0. The van der Waals surface area contributed by atoms with Crippen molar-refractivity contribution < 1.29 is 64.6 Å². The molecular weight excluding hydrogens is 204 g/mol. The summed E-state index contributed by atoms with van der Waals surface area (Å²) in [5.41, 5.74) is 0. The predicted molar refractivity (Wildman–Crippen MR) is 43.7 cm³/mol. The first-order valence-electron chi connectivity index (χ1n) is 4.42. The second-order valence-corrected chi connectivity index (χ2v) is 2.99. The molecule has 0 aliphatic carbocycles. The normalized spacial score (nSPS) is 11.1. The molecule has 0 N–H and O–H groups in total. The molecule has 13 heavy (non-hydrogen) atoms. The summed E-state index contributed by atoms with van der Waals surface area (Å²) < 4.78 is 34.9. The number of hydrogen-bond acceptors (Lipinski definition) is 0. The van der Waals surface area contributed by atoms with E-state index in [2.05, 4.69) is 6.92 Å². The van der Waals surface area contributed by atoms with Gasteiger partial charge in [0.1, 0.15) is 0 Å². The van der Waals surface area contributed by atoms with Gasteiger partial charge in [-0.3, -0.25) is 0 Å². The molecule has 0 saturated heterocycles. The van der Waals surface area contributed by atoms with Crippen LogP contribution in [0.4, 0.5) is 13.2 Å². The monoisotopic (exact) mass is 220 g/mol. The summed E-state index contributed by atoms with van der Waals surface area (Å²) >= 11 is 0. The minimum atomic E-state index is -3.97. The zero-order valence-electron chi connectivity index (χ0n) is 8.29. The van der Waals surface area contributed by atoms with Crippen molar-refractivity contribution >= 4 is 0 Å². The fourth-order valence-corrected chi connectivity index (χ4v) is 1.03. The van der Waals surface area contributed by atoms with Gasteiger partial charge in [-0.15, -0.1) is 0 Å². The molecule has 0 bridgehead atoms. The Kier molecular flexibility index (Phi) is 12.9. The summed E-state index contributed by atoms with van der Waals surface area (Å²) in [6.07, 6.45) is 0.224. The fourth-order valence-electron chi connectivity index (χ4n) is 1.03. The second kappa shape index (κ2) is 9.96. The van der Waals surface area contributed by atoms with E-state index >= 15 is 0 Å². The molecule has 4 heteroatoms. The maximum atomic E-state index is 11.6. The Balaban J connectivity index is 0. The van der Waals surface area contributed by atoms with E-state index in [9.17, 15) is 13.2 Å². The topological polar surface area (TPSA) is 0 Å². The van der Waals surface area contributed by atoms with Crippen LogP contribution in [0.25, 0.3) is 0 Å². The van der Waals surface area contributed by atoms with Crippen molar-refractivity contribution in [3.05, 3.63) is 6.92 Å². The summed E-state index contributed by atoms with van der Waals surface area (Å²) in [4.78, 5) is 0. The molecule has 0 spiro atoms. The third kappa shape index (κ3) is 16.1. The number of halogens is 3. The van der Waals surface area contributed by atoms with Gasteiger partial charge in [0.15, 0.2) is 0 Å². The zero-order chi connectivity index (χ0) is 9.45. The quantitative estimate of drug-likeness (QED) is 0.357. The van der Waals surface area contributed by atoms with E-state index in [1.807, 2.05) is 0 Å². The smallest absolute Gasteiger partial charge is 0.343 e. The van der Waals surface area contributed by atoms with E-state index in [4.69, 9.17) is 0 Å². The van der Waals surface area contributed by atoms with Gasteiger partial charge in [0.25, 0.3) is 0 Å². The molecule has 0 radical (unpaired) electrons. The average Bonchev–Trinajstić information content (AvgIpc) is 1.94. The van der Waals surface area contributed by atoms with Crippen molar-refractivity contribution in [3.8, 4) is 0 Å². The fraction of sp³-hybridized carbons (Fsp3) is 0.889. The van der Waals surface area contributed by atoms with Crippen LogP contribution in [0.15, 0.2) is 0 Å². The average molecular weight is 220 g/mol. The van der Waals surface area contributed by atoms with E-state index in [0.29, 0.717) is 6.42 Å². The molecule has 0 aliphatic rings. The molecule has 0 heterocycles.